The van der Waals surface area contributed by atoms with E-state index in [1.165, 1.54) is 17.0 Å². The number of hydrogen-bond donors (Lipinski definition) is 1. The van der Waals surface area contributed by atoms with Crippen molar-refractivity contribution < 1.29 is 22.8 Å². The van der Waals surface area contributed by atoms with Crippen molar-refractivity contribution in [3.8, 4) is 0 Å². The molecule has 0 radical (unpaired) electrons. The molecule has 1 aromatic heterocycles. The molecule has 2 aliphatic rings. The van der Waals surface area contributed by atoms with Gasteiger partial charge in [-0.25, -0.2) is 4.79 Å². The van der Waals surface area contributed by atoms with Gasteiger partial charge in [-0.05, 0) is 54.8 Å². The third kappa shape index (κ3) is 4.02. The zero-order chi connectivity index (χ0) is 21.3. The molecule has 2 atom stereocenters. The van der Waals surface area contributed by atoms with Gasteiger partial charge in [0.2, 0.25) is 5.91 Å². The highest BCUT2D eigenvalue weighted by Gasteiger charge is 2.47. The van der Waals surface area contributed by atoms with E-state index >= 15 is 0 Å². The number of rotatable bonds is 4. The Balaban J connectivity index is 1.59. The summed E-state index contributed by atoms with van der Waals surface area (Å²) in [6.45, 7) is 0.937. The van der Waals surface area contributed by atoms with E-state index in [0.29, 0.717) is 18.5 Å². The van der Waals surface area contributed by atoms with E-state index in [9.17, 15) is 22.8 Å². The van der Waals surface area contributed by atoms with E-state index in [4.69, 9.17) is 0 Å². The molecule has 3 heterocycles. The van der Waals surface area contributed by atoms with Gasteiger partial charge in [0.25, 0.3) is 0 Å². The molecule has 158 valence electrons. The van der Waals surface area contributed by atoms with Crippen molar-refractivity contribution in [1.82, 2.24) is 20.1 Å². The van der Waals surface area contributed by atoms with Crippen LogP contribution < -0.4 is 5.32 Å². The highest BCUT2D eigenvalue weighted by Crippen LogP contribution is 2.31. The summed E-state index contributed by atoms with van der Waals surface area (Å²) in [6.07, 6.45) is 0.256. The monoisotopic (exact) mass is 418 g/mol. The van der Waals surface area contributed by atoms with Gasteiger partial charge < -0.3 is 10.2 Å². The van der Waals surface area contributed by atoms with Gasteiger partial charge in [0.15, 0.2) is 0 Å². The molecule has 2 saturated heterocycles. The standard InChI is InChI=1S/C21H21F3N4O2/c22-21(23,24)16-5-3-14(4-6-16)12-27-17-2-1-9-26-18(17)19(29)28(20(27)30)13-15-7-10-25-11-8-15/h3-8,10-11,17-18,26H,1-2,9,12-13H2. The fraction of sp³-hybridized carbons (Fsp3) is 0.381. The van der Waals surface area contributed by atoms with Gasteiger partial charge in [0.1, 0.15) is 6.04 Å². The lowest BCUT2D eigenvalue weighted by molar-refractivity contribution is -0.138. The third-order valence-corrected chi connectivity index (χ3v) is 5.56. The van der Waals surface area contributed by atoms with Crippen molar-refractivity contribution in [3.05, 3.63) is 65.5 Å². The van der Waals surface area contributed by atoms with Gasteiger partial charge >= 0.3 is 12.2 Å². The Hall–Kier alpha value is -2.94. The molecule has 0 spiro atoms. The minimum absolute atomic E-state index is 0.120. The summed E-state index contributed by atoms with van der Waals surface area (Å²) < 4.78 is 38.5. The van der Waals surface area contributed by atoms with Crippen LogP contribution >= 0.6 is 0 Å². The first kappa shape index (κ1) is 20.3. The zero-order valence-electron chi connectivity index (χ0n) is 16.1. The highest BCUT2D eigenvalue weighted by molar-refractivity contribution is 6.00. The number of nitrogens with one attached hydrogen (secondary N) is 1. The second-order valence-electron chi connectivity index (χ2n) is 7.53. The Morgan fingerprint density at radius 3 is 2.33 bits per heavy atom. The number of alkyl halides is 3. The number of hydrogen-bond acceptors (Lipinski definition) is 4. The van der Waals surface area contributed by atoms with Crippen LogP contribution in [0.25, 0.3) is 0 Å². The normalized spacial score (nSPS) is 22.2. The summed E-state index contributed by atoms with van der Waals surface area (Å²) in [6, 6.07) is 6.99. The van der Waals surface area contributed by atoms with Crippen molar-refractivity contribution in [2.75, 3.05) is 6.54 Å². The molecule has 0 aliphatic carbocycles. The van der Waals surface area contributed by atoms with Gasteiger partial charge in [-0.3, -0.25) is 14.7 Å². The molecule has 0 saturated carbocycles. The fourth-order valence-electron chi connectivity index (χ4n) is 4.02. The van der Waals surface area contributed by atoms with Crippen LogP contribution in [0.2, 0.25) is 0 Å². The number of nitrogens with zero attached hydrogens (tertiary/aromatic N) is 3. The molecule has 2 aromatic rings. The third-order valence-electron chi connectivity index (χ3n) is 5.56. The number of amides is 3. The SMILES string of the molecule is O=C1C2NCCCC2N(Cc2ccc(C(F)(F)F)cc2)C(=O)N1Cc1ccncc1. The topological polar surface area (TPSA) is 65.5 Å². The van der Waals surface area contributed by atoms with Gasteiger partial charge in [-0.1, -0.05) is 12.1 Å². The first-order valence-corrected chi connectivity index (χ1v) is 9.75. The quantitative estimate of drug-likeness (QED) is 0.828. The zero-order valence-corrected chi connectivity index (χ0v) is 16.1. The maximum absolute atomic E-state index is 13.2. The summed E-state index contributed by atoms with van der Waals surface area (Å²) in [4.78, 5) is 33.0. The molecule has 9 heteroatoms. The van der Waals surface area contributed by atoms with Crippen LogP contribution in [0, 0.1) is 0 Å². The lowest BCUT2D eigenvalue weighted by Crippen LogP contribution is -2.68. The number of pyridine rings is 1. The molecular weight excluding hydrogens is 397 g/mol. The van der Waals surface area contributed by atoms with Gasteiger partial charge in [0.05, 0.1) is 18.2 Å². The van der Waals surface area contributed by atoms with Crippen molar-refractivity contribution in [1.29, 1.82) is 0 Å². The van der Waals surface area contributed by atoms with Gasteiger partial charge in [-0.15, -0.1) is 0 Å². The average Bonchev–Trinajstić information content (AvgIpc) is 2.75. The molecule has 30 heavy (non-hydrogen) atoms. The summed E-state index contributed by atoms with van der Waals surface area (Å²) >= 11 is 0. The van der Waals surface area contributed by atoms with Gasteiger partial charge in [-0.2, -0.15) is 13.2 Å². The Morgan fingerprint density at radius 2 is 1.67 bits per heavy atom. The number of halogens is 3. The number of urea groups is 1. The molecule has 4 rings (SSSR count). The Kier molecular flexibility index (Phi) is 5.46. The van der Waals surface area contributed by atoms with E-state index in [0.717, 1.165) is 24.1 Å². The van der Waals surface area contributed by atoms with E-state index in [1.807, 2.05) is 0 Å². The van der Waals surface area contributed by atoms with Gasteiger partial charge in [0, 0.05) is 18.9 Å². The number of piperidine rings is 1. The smallest absolute Gasteiger partial charge is 0.315 e. The predicted octanol–water partition coefficient (Wildman–Crippen LogP) is 3.19. The number of benzene rings is 1. The largest absolute Gasteiger partial charge is 0.416 e. The van der Waals surface area contributed by atoms with E-state index in [2.05, 4.69) is 10.3 Å². The summed E-state index contributed by atoms with van der Waals surface area (Å²) in [5.74, 6) is -0.273. The lowest BCUT2D eigenvalue weighted by atomic mass is 9.92. The van der Waals surface area contributed by atoms with Crippen LogP contribution in [0.15, 0.2) is 48.8 Å². The maximum atomic E-state index is 13.2. The molecule has 0 bridgehead atoms. The predicted molar refractivity (Wildman–Crippen MR) is 102 cm³/mol. The minimum atomic E-state index is -4.41. The van der Waals surface area contributed by atoms with E-state index in [-0.39, 0.29) is 25.0 Å². The summed E-state index contributed by atoms with van der Waals surface area (Å²) in [5, 5.41) is 3.21. The lowest BCUT2D eigenvalue weighted by Gasteiger charge is -2.47. The van der Waals surface area contributed by atoms with E-state index < -0.39 is 23.8 Å². The molecule has 1 aromatic carbocycles. The van der Waals surface area contributed by atoms with Crippen LogP contribution in [0.5, 0.6) is 0 Å². The molecule has 2 unspecified atom stereocenters. The molecule has 1 N–H and O–H groups in total. The Labute approximate surface area is 171 Å². The van der Waals surface area contributed by atoms with Crippen LogP contribution in [-0.4, -0.2) is 45.4 Å². The molecule has 2 fully saturated rings. The van der Waals surface area contributed by atoms with Crippen molar-refractivity contribution in [3.63, 3.8) is 0 Å². The number of carbonyl (C=O) groups is 2. The summed E-state index contributed by atoms with van der Waals surface area (Å²) in [5.41, 5.74) is 0.622. The highest BCUT2D eigenvalue weighted by atomic mass is 19.4. The Bertz CT molecular complexity index is 918. The van der Waals surface area contributed by atoms with Crippen molar-refractivity contribution in [2.24, 2.45) is 0 Å². The number of imide groups is 1. The first-order chi connectivity index (χ1) is 14.3. The van der Waals surface area contributed by atoms with E-state index in [1.54, 1.807) is 29.4 Å². The Morgan fingerprint density at radius 1 is 1.00 bits per heavy atom. The fourth-order valence-corrected chi connectivity index (χ4v) is 4.02. The maximum Gasteiger partial charge on any atom is 0.416 e. The second kappa shape index (κ2) is 8.06. The van der Waals surface area contributed by atoms with Crippen LogP contribution in [-0.2, 0) is 24.1 Å². The summed E-state index contributed by atoms with van der Waals surface area (Å²) in [7, 11) is 0. The van der Waals surface area contributed by atoms with Crippen LogP contribution in [0.4, 0.5) is 18.0 Å². The first-order valence-electron chi connectivity index (χ1n) is 9.75. The van der Waals surface area contributed by atoms with Crippen LogP contribution in [0.3, 0.4) is 0 Å². The minimum Gasteiger partial charge on any atom is -0.315 e. The molecule has 2 aliphatic heterocycles. The van der Waals surface area contributed by atoms with Crippen molar-refractivity contribution in [2.45, 2.75) is 44.2 Å². The second-order valence-corrected chi connectivity index (χ2v) is 7.53. The number of aromatic nitrogens is 1. The molecule has 6 nitrogen and oxygen atoms in total. The molecule has 3 amide bonds. The molecular formula is C21H21F3N4O2. The van der Waals surface area contributed by atoms with Crippen molar-refractivity contribution >= 4 is 11.9 Å². The van der Waals surface area contributed by atoms with Crippen LogP contribution in [0.1, 0.15) is 29.5 Å². The number of carbonyl (C=O) groups excluding carboxylic acids is 2. The number of fused-ring (bicyclic) bond motifs is 1. The average molecular weight is 418 g/mol.